The topological polar surface area (TPSA) is 63.0 Å². The zero-order valence-electron chi connectivity index (χ0n) is 14.0. The molecule has 25 heavy (non-hydrogen) atoms. The normalized spacial score (nSPS) is 20.6. The van der Waals surface area contributed by atoms with Gasteiger partial charge < -0.3 is 19.0 Å². The molecule has 0 saturated carbocycles. The average molecular weight is 346 g/mol. The number of morpholine rings is 1. The molecule has 1 aromatic carbocycles. The van der Waals surface area contributed by atoms with Gasteiger partial charge in [0.1, 0.15) is 18.2 Å². The zero-order chi connectivity index (χ0) is 18.0. The zero-order valence-corrected chi connectivity index (χ0v) is 14.0. The maximum Gasteiger partial charge on any atom is 0.254 e. The van der Waals surface area contributed by atoms with Crippen LogP contribution in [0.25, 0.3) is 0 Å². The molecular weight excluding hydrogens is 327 g/mol. The predicted molar refractivity (Wildman–Crippen MR) is 86.8 cm³/mol. The summed E-state index contributed by atoms with van der Waals surface area (Å²) in [5.74, 6) is -0.352. The SMILES string of the molecule is CN(Cc1ccco1)C(=O)[C@@H]1OCC(=O)N(C)[C@H]1c1cccc(F)c1. The van der Waals surface area contributed by atoms with Crippen molar-refractivity contribution in [2.45, 2.75) is 18.7 Å². The van der Waals surface area contributed by atoms with Gasteiger partial charge in [-0.25, -0.2) is 4.39 Å². The Bertz CT molecular complexity index is 762. The molecule has 0 spiro atoms. The third-order valence-corrected chi connectivity index (χ3v) is 4.27. The minimum Gasteiger partial charge on any atom is -0.467 e. The van der Waals surface area contributed by atoms with Gasteiger partial charge in [0, 0.05) is 14.1 Å². The van der Waals surface area contributed by atoms with Crippen LogP contribution >= 0.6 is 0 Å². The lowest BCUT2D eigenvalue weighted by Gasteiger charge is -2.39. The molecule has 0 N–H and O–H groups in total. The summed E-state index contributed by atoms with van der Waals surface area (Å²) in [6.45, 7) is 0.0898. The lowest BCUT2D eigenvalue weighted by atomic mass is 9.97. The first-order chi connectivity index (χ1) is 12.0. The molecule has 0 radical (unpaired) electrons. The van der Waals surface area contributed by atoms with Crippen LogP contribution in [-0.2, 0) is 20.9 Å². The van der Waals surface area contributed by atoms with Crippen molar-refractivity contribution < 1.29 is 23.1 Å². The summed E-state index contributed by atoms with van der Waals surface area (Å²) in [7, 11) is 3.22. The number of amides is 2. The first-order valence-electron chi connectivity index (χ1n) is 7.87. The van der Waals surface area contributed by atoms with Crippen molar-refractivity contribution in [3.63, 3.8) is 0 Å². The fourth-order valence-electron chi connectivity index (χ4n) is 2.94. The number of ether oxygens (including phenoxy) is 1. The number of hydrogen-bond acceptors (Lipinski definition) is 4. The molecule has 2 amide bonds. The molecule has 0 aliphatic carbocycles. The van der Waals surface area contributed by atoms with Crippen molar-refractivity contribution in [3.05, 3.63) is 59.8 Å². The van der Waals surface area contributed by atoms with E-state index in [1.165, 1.54) is 28.2 Å². The van der Waals surface area contributed by atoms with Gasteiger partial charge >= 0.3 is 0 Å². The highest BCUT2D eigenvalue weighted by Gasteiger charge is 2.41. The number of hydrogen-bond donors (Lipinski definition) is 0. The van der Waals surface area contributed by atoms with Crippen LogP contribution in [0.15, 0.2) is 47.1 Å². The van der Waals surface area contributed by atoms with E-state index in [-0.39, 0.29) is 25.0 Å². The second-order valence-corrected chi connectivity index (χ2v) is 6.01. The first kappa shape index (κ1) is 17.2. The number of benzene rings is 1. The molecule has 0 bridgehead atoms. The van der Waals surface area contributed by atoms with Crippen LogP contribution in [0.5, 0.6) is 0 Å². The second kappa shape index (κ2) is 7.06. The van der Waals surface area contributed by atoms with Crippen LogP contribution in [0, 0.1) is 5.82 Å². The van der Waals surface area contributed by atoms with Gasteiger partial charge in [-0.15, -0.1) is 0 Å². The van der Waals surface area contributed by atoms with E-state index in [1.54, 1.807) is 38.4 Å². The summed E-state index contributed by atoms with van der Waals surface area (Å²) in [6, 6.07) is 8.68. The van der Waals surface area contributed by atoms with Crippen LogP contribution in [0.4, 0.5) is 4.39 Å². The molecule has 1 aliphatic heterocycles. The Morgan fingerprint density at radius 2 is 2.16 bits per heavy atom. The van der Waals surface area contributed by atoms with Crippen molar-refractivity contribution in [3.8, 4) is 0 Å². The highest BCUT2D eigenvalue weighted by molar-refractivity contribution is 5.86. The van der Waals surface area contributed by atoms with E-state index in [0.717, 1.165) is 0 Å². The Morgan fingerprint density at radius 1 is 1.36 bits per heavy atom. The molecule has 1 fully saturated rings. The molecule has 2 heterocycles. The quantitative estimate of drug-likeness (QED) is 0.849. The van der Waals surface area contributed by atoms with Crippen LogP contribution in [0.3, 0.4) is 0 Å². The van der Waals surface area contributed by atoms with Crippen LogP contribution in [0.1, 0.15) is 17.4 Å². The molecule has 2 atom stereocenters. The first-order valence-corrected chi connectivity index (χ1v) is 7.87. The maximum absolute atomic E-state index is 13.6. The summed E-state index contributed by atoms with van der Waals surface area (Å²) in [5, 5.41) is 0. The summed E-state index contributed by atoms with van der Waals surface area (Å²) in [6.07, 6.45) is 0.622. The largest absolute Gasteiger partial charge is 0.467 e. The van der Waals surface area contributed by atoms with Gasteiger partial charge in [-0.1, -0.05) is 12.1 Å². The third kappa shape index (κ3) is 3.56. The summed E-state index contributed by atoms with van der Waals surface area (Å²) in [5.41, 5.74) is 0.514. The fourth-order valence-corrected chi connectivity index (χ4v) is 2.94. The van der Waals surface area contributed by atoms with Crippen LogP contribution in [0.2, 0.25) is 0 Å². The van der Waals surface area contributed by atoms with Gasteiger partial charge in [0.2, 0.25) is 5.91 Å². The highest BCUT2D eigenvalue weighted by Crippen LogP contribution is 2.30. The third-order valence-electron chi connectivity index (χ3n) is 4.27. The minimum atomic E-state index is -0.913. The van der Waals surface area contributed by atoms with Crippen molar-refractivity contribution in [2.24, 2.45) is 0 Å². The Labute approximate surface area is 144 Å². The Kier molecular flexibility index (Phi) is 4.85. The Morgan fingerprint density at radius 3 is 2.84 bits per heavy atom. The van der Waals surface area contributed by atoms with Gasteiger partial charge in [0.05, 0.1) is 18.8 Å². The number of likely N-dealkylation sites (N-methyl/N-ethyl adjacent to an activating group) is 2. The lowest BCUT2D eigenvalue weighted by molar-refractivity contribution is -0.167. The van der Waals surface area contributed by atoms with Crippen LogP contribution in [-0.4, -0.2) is 48.4 Å². The number of carbonyl (C=O) groups excluding carboxylic acids is 2. The van der Waals surface area contributed by atoms with E-state index < -0.39 is 18.0 Å². The smallest absolute Gasteiger partial charge is 0.254 e. The van der Waals surface area contributed by atoms with Crippen molar-refractivity contribution in [1.82, 2.24) is 9.80 Å². The van der Waals surface area contributed by atoms with Gasteiger partial charge in [-0.3, -0.25) is 9.59 Å². The maximum atomic E-state index is 13.6. The van der Waals surface area contributed by atoms with E-state index in [1.807, 2.05) is 0 Å². The predicted octanol–water partition coefficient (Wildman–Crippen LogP) is 1.98. The van der Waals surface area contributed by atoms with E-state index in [9.17, 15) is 14.0 Å². The molecule has 132 valence electrons. The number of rotatable bonds is 4. The van der Waals surface area contributed by atoms with E-state index in [4.69, 9.17) is 9.15 Å². The van der Waals surface area contributed by atoms with E-state index in [2.05, 4.69) is 0 Å². The highest BCUT2D eigenvalue weighted by atomic mass is 19.1. The van der Waals surface area contributed by atoms with E-state index in [0.29, 0.717) is 11.3 Å². The molecule has 6 nitrogen and oxygen atoms in total. The average Bonchev–Trinajstić information content (AvgIpc) is 3.09. The standard InChI is InChI=1S/C18H19FN2O4/c1-20(10-14-7-4-8-24-14)18(23)17-16(21(2)15(22)11-25-17)12-5-3-6-13(19)9-12/h3-9,16-17H,10-11H2,1-2H3/t16-,17+/m0/s1. The fraction of sp³-hybridized carbons (Fsp3) is 0.333. The van der Waals surface area contributed by atoms with Crippen molar-refractivity contribution >= 4 is 11.8 Å². The van der Waals surface area contributed by atoms with Gasteiger partial charge in [-0.05, 0) is 29.8 Å². The minimum absolute atomic E-state index is 0.187. The lowest BCUT2D eigenvalue weighted by Crippen LogP contribution is -2.53. The molecule has 1 aromatic heterocycles. The number of halogens is 1. The number of carbonyl (C=O) groups is 2. The summed E-state index contributed by atoms with van der Waals surface area (Å²) in [4.78, 5) is 27.8. The van der Waals surface area contributed by atoms with Gasteiger partial charge in [0.15, 0.2) is 6.10 Å². The molecule has 2 aromatic rings. The molecule has 0 unspecified atom stereocenters. The molecule has 3 rings (SSSR count). The monoisotopic (exact) mass is 346 g/mol. The van der Waals surface area contributed by atoms with Crippen molar-refractivity contribution in [2.75, 3.05) is 20.7 Å². The summed E-state index contributed by atoms with van der Waals surface area (Å²) < 4.78 is 24.4. The molecular formula is C18H19FN2O4. The van der Waals surface area contributed by atoms with Gasteiger partial charge in [0.25, 0.3) is 5.91 Å². The van der Waals surface area contributed by atoms with Crippen molar-refractivity contribution in [1.29, 1.82) is 0 Å². The Hall–Kier alpha value is -2.67. The second-order valence-electron chi connectivity index (χ2n) is 6.01. The number of furan rings is 1. The van der Waals surface area contributed by atoms with Crippen LogP contribution < -0.4 is 0 Å². The molecule has 1 aliphatic rings. The van der Waals surface area contributed by atoms with Gasteiger partial charge in [-0.2, -0.15) is 0 Å². The summed E-state index contributed by atoms with van der Waals surface area (Å²) >= 11 is 0. The van der Waals surface area contributed by atoms with E-state index >= 15 is 0 Å². The number of nitrogens with zero attached hydrogens (tertiary/aromatic N) is 2. The molecule has 1 saturated heterocycles. The Balaban J connectivity index is 1.86. The molecule has 7 heteroatoms.